The lowest BCUT2D eigenvalue weighted by atomic mass is 9.97. The molecular weight excluding hydrogens is 368 g/mol. The minimum absolute atomic E-state index is 0.0993. The SMILES string of the molecule is CSCCSc1nc2sc3c(c2c(=O)n1-c1ccccc1)CCCC3. The van der Waals surface area contributed by atoms with Gasteiger partial charge in [-0.15, -0.1) is 11.3 Å². The zero-order valence-electron chi connectivity index (χ0n) is 14.2. The lowest BCUT2D eigenvalue weighted by molar-refractivity contribution is 0.699. The third kappa shape index (κ3) is 3.27. The van der Waals surface area contributed by atoms with Crippen molar-refractivity contribution in [3.05, 3.63) is 51.1 Å². The average molecular weight is 389 g/mol. The first-order valence-electron chi connectivity index (χ1n) is 8.54. The van der Waals surface area contributed by atoms with Crippen molar-refractivity contribution < 1.29 is 0 Å². The van der Waals surface area contributed by atoms with Crippen molar-refractivity contribution in [3.63, 3.8) is 0 Å². The number of aryl methyl sites for hydroxylation is 2. The Labute approximate surface area is 159 Å². The van der Waals surface area contributed by atoms with Crippen molar-refractivity contribution in [2.24, 2.45) is 0 Å². The Balaban J connectivity index is 1.93. The van der Waals surface area contributed by atoms with Crippen LogP contribution in [0.25, 0.3) is 15.9 Å². The van der Waals surface area contributed by atoms with E-state index in [1.54, 1.807) is 23.1 Å². The second kappa shape index (κ2) is 7.56. The molecule has 0 fully saturated rings. The fourth-order valence-electron chi connectivity index (χ4n) is 3.30. The molecule has 0 aliphatic heterocycles. The van der Waals surface area contributed by atoms with Crippen molar-refractivity contribution in [1.82, 2.24) is 9.55 Å². The molecule has 3 nitrogen and oxygen atoms in total. The number of aromatic nitrogens is 2. The van der Waals surface area contributed by atoms with Crippen molar-refractivity contribution in [2.75, 3.05) is 17.8 Å². The highest BCUT2D eigenvalue weighted by Gasteiger charge is 2.22. The zero-order chi connectivity index (χ0) is 17.2. The summed E-state index contributed by atoms with van der Waals surface area (Å²) in [4.78, 5) is 20.6. The fourth-order valence-corrected chi connectivity index (χ4v) is 6.27. The average Bonchev–Trinajstić information content (AvgIpc) is 3.01. The minimum atomic E-state index is 0.0993. The number of thiophene rings is 1. The van der Waals surface area contributed by atoms with Crippen LogP contribution in [0, 0.1) is 0 Å². The molecule has 0 radical (unpaired) electrons. The van der Waals surface area contributed by atoms with Gasteiger partial charge in [-0.1, -0.05) is 30.0 Å². The summed E-state index contributed by atoms with van der Waals surface area (Å²) in [5.41, 5.74) is 2.26. The van der Waals surface area contributed by atoms with E-state index in [0.29, 0.717) is 0 Å². The van der Waals surface area contributed by atoms with Gasteiger partial charge in [0.25, 0.3) is 5.56 Å². The summed E-state index contributed by atoms with van der Waals surface area (Å²) >= 11 is 5.23. The number of hydrogen-bond donors (Lipinski definition) is 0. The van der Waals surface area contributed by atoms with E-state index in [1.165, 1.54) is 23.3 Å². The van der Waals surface area contributed by atoms with Crippen LogP contribution in [0.3, 0.4) is 0 Å². The van der Waals surface area contributed by atoms with Gasteiger partial charge in [0.1, 0.15) is 4.83 Å². The van der Waals surface area contributed by atoms with Crippen LogP contribution >= 0.6 is 34.9 Å². The van der Waals surface area contributed by atoms with E-state index in [9.17, 15) is 4.79 Å². The van der Waals surface area contributed by atoms with Gasteiger partial charge in [0.05, 0.1) is 11.1 Å². The second-order valence-corrected chi connectivity index (χ2v) is 9.23. The van der Waals surface area contributed by atoms with Gasteiger partial charge in [0.2, 0.25) is 0 Å². The molecule has 0 saturated carbocycles. The molecule has 0 bridgehead atoms. The summed E-state index contributed by atoms with van der Waals surface area (Å²) in [5.74, 6) is 2.01. The lowest BCUT2D eigenvalue weighted by Gasteiger charge is -2.13. The third-order valence-electron chi connectivity index (χ3n) is 4.49. The van der Waals surface area contributed by atoms with E-state index in [0.717, 1.165) is 45.4 Å². The third-order valence-corrected chi connectivity index (χ3v) is 7.49. The van der Waals surface area contributed by atoms with E-state index in [2.05, 4.69) is 6.26 Å². The number of thioether (sulfide) groups is 2. The first-order valence-corrected chi connectivity index (χ1v) is 11.7. The van der Waals surface area contributed by atoms with Crippen LogP contribution in [0.2, 0.25) is 0 Å². The molecule has 130 valence electrons. The molecule has 0 spiro atoms. The molecule has 25 heavy (non-hydrogen) atoms. The van der Waals surface area contributed by atoms with Gasteiger partial charge in [0, 0.05) is 16.4 Å². The molecule has 0 atom stereocenters. The van der Waals surface area contributed by atoms with Gasteiger partial charge >= 0.3 is 0 Å². The molecule has 0 amide bonds. The Kier molecular flexibility index (Phi) is 5.20. The van der Waals surface area contributed by atoms with Crippen LogP contribution < -0.4 is 5.56 Å². The second-order valence-electron chi connectivity index (χ2n) is 6.10. The van der Waals surface area contributed by atoms with Crippen molar-refractivity contribution in [1.29, 1.82) is 0 Å². The first-order chi connectivity index (χ1) is 12.3. The van der Waals surface area contributed by atoms with Gasteiger partial charge in [-0.05, 0) is 49.6 Å². The smallest absolute Gasteiger partial charge is 0.267 e. The number of para-hydroxylation sites is 1. The summed E-state index contributed by atoms with van der Waals surface area (Å²) in [7, 11) is 0. The fraction of sp³-hybridized carbons (Fsp3) is 0.368. The highest BCUT2D eigenvalue weighted by Crippen LogP contribution is 2.35. The molecule has 4 rings (SSSR count). The van der Waals surface area contributed by atoms with Gasteiger partial charge in [-0.25, -0.2) is 4.98 Å². The number of fused-ring (bicyclic) bond motifs is 3. The van der Waals surface area contributed by atoms with Crippen LogP contribution in [0.5, 0.6) is 0 Å². The van der Waals surface area contributed by atoms with E-state index in [4.69, 9.17) is 4.98 Å². The number of benzene rings is 1. The summed E-state index contributed by atoms with van der Waals surface area (Å²) in [5, 5.41) is 1.68. The standard InChI is InChI=1S/C19H20N2OS3/c1-23-11-12-24-19-20-17-16(14-9-5-6-10-15(14)25-17)18(22)21(19)13-7-3-2-4-8-13/h2-4,7-8H,5-6,9-12H2,1H3. The normalized spacial score (nSPS) is 14.0. The molecule has 0 saturated heterocycles. The van der Waals surface area contributed by atoms with E-state index >= 15 is 0 Å². The van der Waals surface area contributed by atoms with Gasteiger partial charge in [-0.2, -0.15) is 11.8 Å². The van der Waals surface area contributed by atoms with Crippen molar-refractivity contribution in [3.8, 4) is 5.69 Å². The van der Waals surface area contributed by atoms with Gasteiger partial charge < -0.3 is 0 Å². The molecule has 0 unspecified atom stereocenters. The summed E-state index contributed by atoms with van der Waals surface area (Å²) in [6.45, 7) is 0. The summed E-state index contributed by atoms with van der Waals surface area (Å²) < 4.78 is 1.81. The van der Waals surface area contributed by atoms with E-state index in [-0.39, 0.29) is 5.56 Å². The molecule has 6 heteroatoms. The first kappa shape index (κ1) is 17.2. The quantitative estimate of drug-likeness (QED) is 0.358. The molecule has 0 N–H and O–H groups in total. The number of nitrogens with zero attached hydrogens (tertiary/aromatic N) is 2. The van der Waals surface area contributed by atoms with Crippen LogP contribution in [0.1, 0.15) is 23.3 Å². The monoisotopic (exact) mass is 388 g/mol. The van der Waals surface area contributed by atoms with Gasteiger partial charge in [0.15, 0.2) is 5.16 Å². The number of rotatable bonds is 5. The maximum Gasteiger partial charge on any atom is 0.267 e. The highest BCUT2D eigenvalue weighted by molar-refractivity contribution is 8.02. The molecule has 3 aromatic rings. The highest BCUT2D eigenvalue weighted by atomic mass is 32.2. The summed E-state index contributed by atoms with van der Waals surface area (Å²) in [6.07, 6.45) is 6.61. The molecule has 2 heterocycles. The number of hydrogen-bond acceptors (Lipinski definition) is 5. The zero-order valence-corrected chi connectivity index (χ0v) is 16.6. The summed E-state index contributed by atoms with van der Waals surface area (Å²) in [6, 6.07) is 9.92. The van der Waals surface area contributed by atoms with Crippen LogP contribution in [0.15, 0.2) is 40.3 Å². The van der Waals surface area contributed by atoms with E-state index in [1.807, 2.05) is 46.7 Å². The van der Waals surface area contributed by atoms with Crippen LogP contribution in [0.4, 0.5) is 0 Å². The molecule has 1 aliphatic carbocycles. The topological polar surface area (TPSA) is 34.9 Å². The molecular formula is C19H20N2OS3. The molecule has 1 aromatic carbocycles. The van der Waals surface area contributed by atoms with Crippen LogP contribution in [-0.2, 0) is 12.8 Å². The Bertz CT molecular complexity index is 947. The minimum Gasteiger partial charge on any atom is -0.268 e. The van der Waals surface area contributed by atoms with E-state index < -0.39 is 0 Å². The van der Waals surface area contributed by atoms with Gasteiger partial charge in [-0.3, -0.25) is 9.36 Å². The Morgan fingerprint density at radius 1 is 1.16 bits per heavy atom. The Hall–Kier alpha value is -1.24. The predicted octanol–water partition coefficient (Wildman–Crippen LogP) is 4.78. The predicted molar refractivity (Wildman–Crippen MR) is 111 cm³/mol. The maximum atomic E-state index is 13.4. The maximum absolute atomic E-state index is 13.4. The van der Waals surface area contributed by atoms with Crippen molar-refractivity contribution in [2.45, 2.75) is 30.8 Å². The van der Waals surface area contributed by atoms with Crippen LogP contribution in [-0.4, -0.2) is 27.3 Å². The molecule has 2 aromatic heterocycles. The Morgan fingerprint density at radius 3 is 2.76 bits per heavy atom. The largest absolute Gasteiger partial charge is 0.268 e. The lowest BCUT2D eigenvalue weighted by Crippen LogP contribution is -2.22. The Morgan fingerprint density at radius 2 is 1.96 bits per heavy atom. The molecule has 1 aliphatic rings. The van der Waals surface area contributed by atoms with Crippen molar-refractivity contribution >= 4 is 45.1 Å².